The number of rotatable bonds is 6. The fourth-order valence-corrected chi connectivity index (χ4v) is 4.27. The highest BCUT2D eigenvalue weighted by atomic mass is 16.1. The number of hydrogen-bond acceptors (Lipinski definition) is 3. The number of pyridine rings is 2. The molecule has 5 heteroatoms. The maximum Gasteiger partial charge on any atom is 0.224 e. The van der Waals surface area contributed by atoms with Gasteiger partial charge in [-0.15, -0.1) is 0 Å². The molecule has 0 saturated carbocycles. The van der Waals surface area contributed by atoms with E-state index in [0.29, 0.717) is 19.0 Å². The van der Waals surface area contributed by atoms with Crippen molar-refractivity contribution in [3.05, 3.63) is 96.6 Å². The van der Waals surface area contributed by atoms with Crippen LogP contribution in [0.5, 0.6) is 0 Å². The molecule has 0 aliphatic rings. The Morgan fingerprint density at radius 2 is 1.82 bits per heavy atom. The molecule has 1 N–H and O–H groups in total. The van der Waals surface area contributed by atoms with Crippen LogP contribution in [0.2, 0.25) is 0 Å². The monoisotopic (exact) mass is 434 g/mol. The average Bonchev–Trinajstić information content (AvgIpc) is 3.21. The zero-order chi connectivity index (χ0) is 22.8. The minimum absolute atomic E-state index is 0.00356. The molecule has 164 valence electrons. The van der Waals surface area contributed by atoms with Crippen molar-refractivity contribution in [3.63, 3.8) is 0 Å². The topological polar surface area (TPSA) is 59.8 Å². The maximum absolute atomic E-state index is 12.8. The lowest BCUT2D eigenvalue weighted by atomic mass is 10.00. The first-order chi connectivity index (χ1) is 16.1. The van der Waals surface area contributed by atoms with Gasteiger partial charge in [-0.1, -0.05) is 24.3 Å². The lowest BCUT2D eigenvalue weighted by Crippen LogP contribution is -2.24. The molecule has 0 bridgehead atoms. The first kappa shape index (κ1) is 20.9. The number of carbonyl (C=O) groups is 1. The van der Waals surface area contributed by atoms with Crippen molar-refractivity contribution in [2.24, 2.45) is 0 Å². The number of nitrogens with one attached hydrogen (secondary N) is 1. The van der Waals surface area contributed by atoms with Gasteiger partial charge in [-0.3, -0.25) is 14.8 Å². The van der Waals surface area contributed by atoms with Crippen molar-refractivity contribution in [3.8, 4) is 11.1 Å². The van der Waals surface area contributed by atoms with Crippen LogP contribution in [0.25, 0.3) is 32.9 Å². The number of fused-ring (bicyclic) bond motifs is 2. The Kier molecular flexibility index (Phi) is 5.61. The van der Waals surface area contributed by atoms with Gasteiger partial charge in [0.05, 0.1) is 11.9 Å². The molecule has 0 aliphatic heterocycles. The number of carbonyl (C=O) groups excluding carboxylic acids is 1. The Hall–Kier alpha value is -3.99. The lowest BCUT2D eigenvalue weighted by Gasteiger charge is -2.10. The van der Waals surface area contributed by atoms with E-state index in [4.69, 9.17) is 0 Å². The van der Waals surface area contributed by atoms with Gasteiger partial charge in [0.25, 0.3) is 0 Å². The Bertz CT molecular complexity index is 1440. The molecule has 5 aromatic rings. The van der Waals surface area contributed by atoms with Crippen LogP contribution in [-0.2, 0) is 17.8 Å². The number of nitrogens with zero attached hydrogens (tertiary/aromatic N) is 3. The van der Waals surface area contributed by atoms with E-state index in [9.17, 15) is 4.79 Å². The van der Waals surface area contributed by atoms with Crippen molar-refractivity contribution >= 4 is 27.7 Å². The molecule has 0 radical (unpaired) electrons. The van der Waals surface area contributed by atoms with E-state index in [1.165, 1.54) is 0 Å². The molecule has 0 aliphatic carbocycles. The van der Waals surface area contributed by atoms with E-state index in [0.717, 1.165) is 44.1 Å². The van der Waals surface area contributed by atoms with Gasteiger partial charge in [-0.2, -0.15) is 0 Å². The van der Waals surface area contributed by atoms with Crippen LogP contribution in [0.4, 0.5) is 0 Å². The first-order valence-electron chi connectivity index (χ1n) is 11.2. The summed E-state index contributed by atoms with van der Waals surface area (Å²) < 4.78 is 2.24. The molecule has 33 heavy (non-hydrogen) atoms. The van der Waals surface area contributed by atoms with E-state index in [-0.39, 0.29) is 5.91 Å². The average molecular weight is 435 g/mol. The summed E-state index contributed by atoms with van der Waals surface area (Å²) in [4.78, 5) is 21.3. The van der Waals surface area contributed by atoms with Gasteiger partial charge in [-0.25, -0.2) is 0 Å². The van der Waals surface area contributed by atoms with Crippen LogP contribution in [0.1, 0.15) is 31.0 Å². The summed E-state index contributed by atoms with van der Waals surface area (Å²) in [5.74, 6) is 0.00356. The van der Waals surface area contributed by atoms with E-state index in [2.05, 4.69) is 82.4 Å². The number of hydrogen-bond donors (Lipinski definition) is 1. The molecular weight excluding hydrogens is 408 g/mol. The van der Waals surface area contributed by atoms with Crippen LogP contribution in [0.3, 0.4) is 0 Å². The van der Waals surface area contributed by atoms with Crippen LogP contribution in [0.15, 0.2) is 85.5 Å². The molecule has 0 atom stereocenters. The largest absolute Gasteiger partial charge is 0.352 e. The zero-order valence-corrected chi connectivity index (χ0v) is 18.8. The van der Waals surface area contributed by atoms with E-state index < -0.39 is 0 Å². The molecule has 2 aromatic carbocycles. The third kappa shape index (κ3) is 4.35. The highest BCUT2D eigenvalue weighted by Gasteiger charge is 2.15. The third-order valence-electron chi connectivity index (χ3n) is 5.97. The Morgan fingerprint density at radius 1 is 1.00 bits per heavy atom. The molecule has 0 saturated heterocycles. The van der Waals surface area contributed by atoms with Gasteiger partial charge in [0.1, 0.15) is 0 Å². The Balaban J connectivity index is 1.47. The smallest absolute Gasteiger partial charge is 0.224 e. The third-order valence-corrected chi connectivity index (χ3v) is 5.97. The highest BCUT2D eigenvalue weighted by molar-refractivity contribution is 5.93. The summed E-state index contributed by atoms with van der Waals surface area (Å²) in [6, 6.07) is 21.0. The summed E-state index contributed by atoms with van der Waals surface area (Å²) in [6.07, 6.45) is 7.77. The quantitative estimate of drug-likeness (QED) is 0.373. The minimum atomic E-state index is 0.00356. The van der Waals surface area contributed by atoms with Gasteiger partial charge in [0.2, 0.25) is 5.91 Å². The van der Waals surface area contributed by atoms with Crippen LogP contribution >= 0.6 is 0 Å². The van der Waals surface area contributed by atoms with E-state index >= 15 is 0 Å². The molecule has 0 unspecified atom stereocenters. The second kappa shape index (κ2) is 8.87. The number of amides is 1. The molecule has 0 spiro atoms. The van der Waals surface area contributed by atoms with Gasteiger partial charge >= 0.3 is 0 Å². The van der Waals surface area contributed by atoms with Crippen molar-refractivity contribution in [2.75, 3.05) is 0 Å². The number of aromatic nitrogens is 3. The van der Waals surface area contributed by atoms with Crippen molar-refractivity contribution < 1.29 is 4.79 Å². The first-order valence-corrected chi connectivity index (χ1v) is 11.2. The fraction of sp³-hybridized carbons (Fsp3) is 0.179. The standard InChI is InChI=1S/C28H26N4O/c1-19(2)32-18-24(15-28(33)31-17-20-5-3-11-29-16-20)25-14-22(8-10-27(25)32)21-7-9-26-23(13-21)6-4-12-30-26/h3-14,16,18-19H,15,17H2,1-2H3,(H,31,33). The molecule has 0 fully saturated rings. The second-order valence-electron chi connectivity index (χ2n) is 8.61. The van der Waals surface area contributed by atoms with Crippen LogP contribution in [0, 0.1) is 0 Å². The van der Waals surface area contributed by atoms with Crippen LogP contribution < -0.4 is 5.32 Å². The highest BCUT2D eigenvalue weighted by Crippen LogP contribution is 2.31. The van der Waals surface area contributed by atoms with Crippen molar-refractivity contribution in [1.82, 2.24) is 19.9 Å². The van der Waals surface area contributed by atoms with Crippen molar-refractivity contribution in [2.45, 2.75) is 32.9 Å². The van der Waals surface area contributed by atoms with Crippen molar-refractivity contribution in [1.29, 1.82) is 0 Å². The second-order valence-corrected chi connectivity index (χ2v) is 8.61. The van der Waals surface area contributed by atoms with Crippen LogP contribution in [-0.4, -0.2) is 20.4 Å². The predicted octanol–water partition coefficient (Wildman–Crippen LogP) is 5.69. The molecule has 1 amide bonds. The predicted molar refractivity (Wildman–Crippen MR) is 133 cm³/mol. The van der Waals surface area contributed by atoms with Gasteiger partial charge in [0, 0.05) is 53.7 Å². The van der Waals surface area contributed by atoms with Gasteiger partial charge < -0.3 is 9.88 Å². The summed E-state index contributed by atoms with van der Waals surface area (Å²) in [7, 11) is 0. The fourth-order valence-electron chi connectivity index (χ4n) is 4.27. The summed E-state index contributed by atoms with van der Waals surface area (Å²) in [5.41, 5.74) is 6.43. The normalized spacial score (nSPS) is 11.4. The van der Waals surface area contributed by atoms with E-state index in [1.54, 1.807) is 12.4 Å². The maximum atomic E-state index is 12.8. The van der Waals surface area contributed by atoms with Gasteiger partial charge in [0.15, 0.2) is 0 Å². The zero-order valence-electron chi connectivity index (χ0n) is 18.8. The summed E-state index contributed by atoms with van der Waals surface area (Å²) in [5, 5.41) is 5.25. The summed E-state index contributed by atoms with van der Waals surface area (Å²) >= 11 is 0. The SMILES string of the molecule is CC(C)n1cc(CC(=O)NCc2cccnc2)c2cc(-c3ccc4ncccc4c3)ccc21. The molecule has 5 nitrogen and oxygen atoms in total. The molecular formula is C28H26N4O. The molecule has 5 rings (SSSR count). The molecule has 3 heterocycles. The molecule has 3 aromatic heterocycles. The van der Waals surface area contributed by atoms with Gasteiger partial charge in [-0.05, 0) is 72.5 Å². The minimum Gasteiger partial charge on any atom is -0.352 e. The van der Waals surface area contributed by atoms with E-state index in [1.807, 2.05) is 24.4 Å². The Morgan fingerprint density at radius 3 is 2.64 bits per heavy atom. The number of benzene rings is 2. The Labute approximate surface area is 193 Å². The lowest BCUT2D eigenvalue weighted by molar-refractivity contribution is -0.120. The summed E-state index contributed by atoms with van der Waals surface area (Å²) in [6.45, 7) is 4.80.